The Morgan fingerprint density at radius 2 is 2.45 bits per heavy atom. The van der Waals surface area contributed by atoms with Gasteiger partial charge in [-0.1, -0.05) is 5.11 Å². The average molecular weight is 157 g/mol. The molecule has 0 spiro atoms. The van der Waals surface area contributed by atoms with Gasteiger partial charge in [0, 0.05) is 11.5 Å². The van der Waals surface area contributed by atoms with Crippen molar-refractivity contribution in [1.29, 1.82) is 0 Å². The van der Waals surface area contributed by atoms with Crippen LogP contribution in [0, 0.1) is 0 Å². The predicted octanol–water partition coefficient (Wildman–Crippen LogP) is 1.10. The molecule has 0 aliphatic carbocycles. The van der Waals surface area contributed by atoms with Gasteiger partial charge in [0.25, 0.3) is 0 Å². The second-order valence-corrected chi connectivity index (χ2v) is 2.31. The van der Waals surface area contributed by atoms with Gasteiger partial charge >= 0.3 is 0 Å². The summed E-state index contributed by atoms with van der Waals surface area (Å²) in [5.41, 5.74) is 7.98. The van der Waals surface area contributed by atoms with Crippen molar-refractivity contribution in [2.45, 2.75) is 12.5 Å². The first-order valence-corrected chi connectivity index (χ1v) is 3.63. The zero-order valence-electron chi connectivity index (χ0n) is 6.27. The molecule has 1 atom stereocenters. The summed E-state index contributed by atoms with van der Waals surface area (Å²) in [5, 5.41) is 3.41. The van der Waals surface area contributed by atoms with Crippen molar-refractivity contribution in [3.63, 3.8) is 0 Å². The van der Waals surface area contributed by atoms with Gasteiger partial charge in [-0.25, -0.2) is 0 Å². The van der Waals surface area contributed by atoms with E-state index in [1.165, 1.54) is 0 Å². The third kappa shape index (κ3) is 3.23. The minimum atomic E-state index is 0.120. The Kier molecular flexibility index (Phi) is 3.75. The van der Waals surface area contributed by atoms with E-state index >= 15 is 0 Å². The summed E-state index contributed by atoms with van der Waals surface area (Å²) in [6, 6.07) is 0. The molecule has 1 aliphatic heterocycles. The molecule has 0 aromatic rings. The van der Waals surface area contributed by atoms with Crippen LogP contribution in [0.3, 0.4) is 0 Å². The quantitative estimate of drug-likeness (QED) is 0.349. The van der Waals surface area contributed by atoms with Crippen LogP contribution < -0.4 is 0 Å². The number of rotatable bonds is 3. The lowest BCUT2D eigenvalue weighted by Gasteiger charge is -2.21. The summed E-state index contributed by atoms with van der Waals surface area (Å²) in [6.07, 6.45) is 0.874. The Bertz CT molecular complexity index is 150. The van der Waals surface area contributed by atoms with Crippen LogP contribution in [0.25, 0.3) is 10.4 Å². The fourth-order valence-corrected chi connectivity index (χ4v) is 0.950. The van der Waals surface area contributed by atoms with Gasteiger partial charge in [0.15, 0.2) is 0 Å². The Morgan fingerprint density at radius 1 is 1.55 bits per heavy atom. The third-order valence-corrected chi connectivity index (χ3v) is 1.50. The smallest absolute Gasteiger partial charge is 0.0811 e. The van der Waals surface area contributed by atoms with E-state index in [-0.39, 0.29) is 6.10 Å². The molecule has 1 unspecified atom stereocenters. The van der Waals surface area contributed by atoms with Crippen LogP contribution in [-0.2, 0) is 9.47 Å². The van der Waals surface area contributed by atoms with Crippen molar-refractivity contribution < 1.29 is 9.47 Å². The molecule has 1 saturated heterocycles. The zero-order chi connectivity index (χ0) is 7.94. The molecule has 11 heavy (non-hydrogen) atoms. The number of hydrogen-bond donors (Lipinski definition) is 0. The first-order chi connectivity index (χ1) is 5.43. The lowest BCUT2D eigenvalue weighted by atomic mass is 10.2. The molecule has 1 fully saturated rings. The maximum absolute atomic E-state index is 7.98. The van der Waals surface area contributed by atoms with Crippen LogP contribution >= 0.6 is 0 Å². The van der Waals surface area contributed by atoms with Gasteiger partial charge in [-0.3, -0.25) is 0 Å². The van der Waals surface area contributed by atoms with Crippen molar-refractivity contribution in [1.82, 2.24) is 0 Å². The van der Waals surface area contributed by atoms with E-state index in [9.17, 15) is 0 Å². The van der Waals surface area contributed by atoms with Crippen LogP contribution in [0.5, 0.6) is 0 Å². The lowest BCUT2D eigenvalue weighted by molar-refractivity contribution is -0.0895. The molecular weight excluding hydrogens is 146 g/mol. The monoisotopic (exact) mass is 157 g/mol. The fraction of sp³-hybridized carbons (Fsp3) is 1.00. The minimum absolute atomic E-state index is 0.120. The van der Waals surface area contributed by atoms with Gasteiger partial charge in [0.1, 0.15) is 0 Å². The van der Waals surface area contributed by atoms with E-state index in [1.54, 1.807) is 0 Å². The van der Waals surface area contributed by atoms with Crippen LogP contribution in [0.15, 0.2) is 5.11 Å². The standard InChI is InChI=1S/C6H11N3O2/c7-9-8-2-1-6-5-10-3-4-11-6/h6H,1-5H2. The Balaban J connectivity index is 2.09. The Labute approximate surface area is 64.9 Å². The number of hydrogen-bond acceptors (Lipinski definition) is 3. The van der Waals surface area contributed by atoms with Crippen LogP contribution in [0.1, 0.15) is 6.42 Å². The first kappa shape index (κ1) is 8.33. The molecule has 1 aliphatic rings. The summed E-state index contributed by atoms with van der Waals surface area (Å²) in [7, 11) is 0. The van der Waals surface area contributed by atoms with Crippen molar-refractivity contribution in [2.75, 3.05) is 26.4 Å². The predicted molar refractivity (Wildman–Crippen MR) is 39.2 cm³/mol. The molecule has 62 valence electrons. The van der Waals surface area contributed by atoms with Gasteiger partial charge in [0.05, 0.1) is 25.9 Å². The minimum Gasteiger partial charge on any atom is -0.376 e. The highest BCUT2D eigenvalue weighted by Crippen LogP contribution is 2.04. The molecule has 0 aromatic carbocycles. The Morgan fingerprint density at radius 3 is 3.09 bits per heavy atom. The second kappa shape index (κ2) is 4.96. The van der Waals surface area contributed by atoms with E-state index in [0.717, 1.165) is 6.42 Å². The molecule has 5 nitrogen and oxygen atoms in total. The largest absolute Gasteiger partial charge is 0.376 e. The highest BCUT2D eigenvalue weighted by Gasteiger charge is 2.12. The van der Waals surface area contributed by atoms with Crippen LogP contribution in [0.4, 0.5) is 0 Å². The van der Waals surface area contributed by atoms with Crippen LogP contribution in [0.2, 0.25) is 0 Å². The maximum Gasteiger partial charge on any atom is 0.0811 e. The molecule has 0 aromatic heterocycles. The summed E-state index contributed by atoms with van der Waals surface area (Å²) < 4.78 is 10.5. The zero-order valence-corrected chi connectivity index (χ0v) is 6.27. The first-order valence-electron chi connectivity index (χ1n) is 3.63. The van der Waals surface area contributed by atoms with Gasteiger partial charge < -0.3 is 9.47 Å². The topological polar surface area (TPSA) is 67.2 Å². The van der Waals surface area contributed by atoms with Gasteiger partial charge in [-0.15, -0.1) is 0 Å². The van der Waals surface area contributed by atoms with E-state index < -0.39 is 0 Å². The van der Waals surface area contributed by atoms with E-state index in [1.807, 2.05) is 0 Å². The van der Waals surface area contributed by atoms with Crippen molar-refractivity contribution in [3.8, 4) is 0 Å². The molecule has 1 heterocycles. The van der Waals surface area contributed by atoms with E-state index in [2.05, 4.69) is 10.0 Å². The Hall–Kier alpha value is -0.770. The molecule has 0 radical (unpaired) electrons. The van der Waals surface area contributed by atoms with Gasteiger partial charge in [-0.2, -0.15) is 0 Å². The average Bonchev–Trinajstić information content (AvgIpc) is 2.07. The summed E-state index contributed by atoms with van der Waals surface area (Å²) >= 11 is 0. The van der Waals surface area contributed by atoms with Crippen molar-refractivity contribution in [2.24, 2.45) is 5.11 Å². The number of azide groups is 1. The highest BCUT2D eigenvalue weighted by molar-refractivity contribution is 4.62. The summed E-state index contributed by atoms with van der Waals surface area (Å²) in [4.78, 5) is 2.65. The lowest BCUT2D eigenvalue weighted by Crippen LogP contribution is -2.28. The molecule has 0 saturated carbocycles. The molecule has 1 rings (SSSR count). The van der Waals surface area contributed by atoms with Gasteiger partial charge in [0.2, 0.25) is 0 Å². The number of ether oxygens (including phenoxy) is 2. The molecule has 0 N–H and O–H groups in total. The molecular formula is C6H11N3O2. The molecule has 0 amide bonds. The van der Waals surface area contributed by atoms with E-state index in [0.29, 0.717) is 26.4 Å². The van der Waals surface area contributed by atoms with Crippen molar-refractivity contribution >= 4 is 0 Å². The van der Waals surface area contributed by atoms with Crippen LogP contribution in [-0.4, -0.2) is 32.5 Å². The SMILES string of the molecule is [N-]=[N+]=NCCC1COCCO1. The normalized spacial score (nSPS) is 24.2. The fourth-order valence-electron chi connectivity index (χ4n) is 0.950. The van der Waals surface area contributed by atoms with E-state index in [4.69, 9.17) is 15.0 Å². The molecule has 0 bridgehead atoms. The van der Waals surface area contributed by atoms with Gasteiger partial charge in [-0.05, 0) is 12.0 Å². The maximum atomic E-state index is 7.98. The molecule has 5 heteroatoms. The highest BCUT2D eigenvalue weighted by atomic mass is 16.6. The summed E-state index contributed by atoms with van der Waals surface area (Å²) in [5.74, 6) is 0. The summed E-state index contributed by atoms with van der Waals surface area (Å²) in [6.45, 7) is 2.45. The number of nitrogens with zero attached hydrogens (tertiary/aromatic N) is 3. The second-order valence-electron chi connectivity index (χ2n) is 2.31. The van der Waals surface area contributed by atoms with Crippen molar-refractivity contribution in [3.05, 3.63) is 10.4 Å². The third-order valence-electron chi connectivity index (χ3n) is 1.50.